The van der Waals surface area contributed by atoms with Crippen LogP contribution in [0.1, 0.15) is 23.6 Å². The number of amides is 1. The van der Waals surface area contributed by atoms with E-state index in [9.17, 15) is 9.59 Å². The predicted octanol–water partition coefficient (Wildman–Crippen LogP) is 3.90. The minimum Gasteiger partial charge on any atom is -0.497 e. The van der Waals surface area contributed by atoms with Crippen LogP contribution < -0.4 is 14.8 Å². The summed E-state index contributed by atoms with van der Waals surface area (Å²) in [6.07, 6.45) is 1.89. The van der Waals surface area contributed by atoms with Crippen molar-refractivity contribution < 1.29 is 23.8 Å². The number of hydrogen-bond donors (Lipinski definition) is 1. The molecule has 0 fully saturated rings. The number of ether oxygens (including phenoxy) is 3. The molecule has 0 aromatic heterocycles. The average Bonchev–Trinajstić information content (AvgIpc) is 2.68. The summed E-state index contributed by atoms with van der Waals surface area (Å²) >= 11 is 0. The van der Waals surface area contributed by atoms with Crippen LogP contribution in [-0.4, -0.2) is 32.2 Å². The molecule has 0 bridgehead atoms. The second-order valence-corrected chi connectivity index (χ2v) is 6.33. The van der Waals surface area contributed by atoms with Crippen LogP contribution in [0.2, 0.25) is 0 Å². The number of carbonyl (C=O) groups is 2. The zero-order valence-corrected chi connectivity index (χ0v) is 16.7. The molecular weight excluding hydrogens is 358 g/mol. The first-order valence-corrected chi connectivity index (χ1v) is 8.83. The highest BCUT2D eigenvalue weighted by molar-refractivity contribution is 5.97. The Hall–Kier alpha value is -3.28. The molecule has 2 aromatic carbocycles. The Morgan fingerprint density at radius 2 is 1.79 bits per heavy atom. The van der Waals surface area contributed by atoms with Crippen LogP contribution in [0.5, 0.6) is 11.5 Å². The number of hydrogen-bond acceptors (Lipinski definition) is 5. The molecule has 0 saturated carbocycles. The Balaban J connectivity index is 1.99. The second kappa shape index (κ2) is 9.60. The van der Waals surface area contributed by atoms with E-state index in [1.54, 1.807) is 31.4 Å². The molecule has 1 atom stereocenters. The van der Waals surface area contributed by atoms with Gasteiger partial charge in [0.25, 0.3) is 5.91 Å². The van der Waals surface area contributed by atoms with Crippen molar-refractivity contribution in [3.8, 4) is 11.5 Å². The molecular formula is C22H25NO5. The fourth-order valence-corrected chi connectivity index (χ4v) is 2.49. The summed E-state index contributed by atoms with van der Waals surface area (Å²) in [4.78, 5) is 24.4. The van der Waals surface area contributed by atoms with Crippen LogP contribution in [0.15, 0.2) is 42.5 Å². The zero-order valence-electron chi connectivity index (χ0n) is 16.7. The van der Waals surface area contributed by atoms with Crippen molar-refractivity contribution in [1.82, 2.24) is 0 Å². The zero-order chi connectivity index (χ0) is 20.7. The summed E-state index contributed by atoms with van der Waals surface area (Å²) < 4.78 is 15.6. The maximum atomic E-state index is 12.3. The highest BCUT2D eigenvalue weighted by Crippen LogP contribution is 2.25. The molecule has 1 N–H and O–H groups in total. The monoisotopic (exact) mass is 383 g/mol. The molecule has 0 aliphatic heterocycles. The largest absolute Gasteiger partial charge is 0.497 e. The van der Waals surface area contributed by atoms with Crippen molar-refractivity contribution in [3.63, 3.8) is 0 Å². The maximum absolute atomic E-state index is 12.3. The van der Waals surface area contributed by atoms with Gasteiger partial charge < -0.3 is 19.5 Å². The molecule has 0 aliphatic rings. The normalized spacial score (nSPS) is 11.8. The molecule has 28 heavy (non-hydrogen) atoms. The number of rotatable bonds is 7. The van der Waals surface area contributed by atoms with Gasteiger partial charge in [-0.1, -0.05) is 12.1 Å². The Bertz CT molecular complexity index is 888. The molecule has 0 aliphatic carbocycles. The smallest absolute Gasteiger partial charge is 0.331 e. The minimum absolute atomic E-state index is 0.391. The Kier molecular flexibility index (Phi) is 7.21. The van der Waals surface area contributed by atoms with E-state index in [1.807, 2.05) is 32.0 Å². The van der Waals surface area contributed by atoms with Crippen LogP contribution in [0.25, 0.3) is 6.08 Å². The fraction of sp³-hybridized carbons (Fsp3) is 0.273. The molecule has 0 radical (unpaired) electrons. The van der Waals surface area contributed by atoms with Gasteiger partial charge in [0.05, 0.1) is 14.2 Å². The van der Waals surface area contributed by atoms with Gasteiger partial charge in [-0.05, 0) is 56.2 Å². The predicted molar refractivity (Wildman–Crippen MR) is 109 cm³/mol. The first-order valence-electron chi connectivity index (χ1n) is 8.83. The lowest BCUT2D eigenvalue weighted by atomic mass is 10.1. The van der Waals surface area contributed by atoms with Crippen molar-refractivity contribution in [2.75, 3.05) is 19.5 Å². The van der Waals surface area contributed by atoms with Crippen molar-refractivity contribution in [2.24, 2.45) is 0 Å². The van der Waals surface area contributed by atoms with Crippen LogP contribution in [-0.2, 0) is 14.3 Å². The van der Waals surface area contributed by atoms with Crippen LogP contribution in [0.4, 0.5) is 5.69 Å². The lowest BCUT2D eigenvalue weighted by molar-refractivity contribution is -0.148. The van der Waals surface area contributed by atoms with Gasteiger partial charge in [-0.15, -0.1) is 0 Å². The van der Waals surface area contributed by atoms with Crippen LogP contribution >= 0.6 is 0 Å². The van der Waals surface area contributed by atoms with Gasteiger partial charge in [-0.25, -0.2) is 4.79 Å². The van der Waals surface area contributed by atoms with Gasteiger partial charge >= 0.3 is 5.97 Å². The molecule has 0 spiro atoms. The number of anilines is 1. The summed E-state index contributed by atoms with van der Waals surface area (Å²) in [5.41, 5.74) is 3.35. The third kappa shape index (κ3) is 5.61. The SMILES string of the molecule is COc1ccc(/C=C/C(=O)OC(C)C(=O)Nc2cc(C)ccc2C)c(OC)c1. The summed E-state index contributed by atoms with van der Waals surface area (Å²) in [6.45, 7) is 5.37. The van der Waals surface area contributed by atoms with Gasteiger partial charge in [-0.3, -0.25) is 4.79 Å². The average molecular weight is 383 g/mol. The van der Waals surface area contributed by atoms with E-state index < -0.39 is 18.0 Å². The molecule has 6 heteroatoms. The molecule has 2 rings (SSSR count). The molecule has 148 valence electrons. The van der Waals surface area contributed by atoms with Gasteiger partial charge in [-0.2, -0.15) is 0 Å². The Morgan fingerprint density at radius 1 is 1.04 bits per heavy atom. The molecule has 1 amide bonds. The molecule has 0 heterocycles. The standard InChI is InChI=1S/C22H25NO5/c1-14-6-7-15(2)19(12-14)23-22(25)16(3)28-21(24)11-9-17-8-10-18(26-4)13-20(17)27-5/h6-13,16H,1-5H3,(H,23,25)/b11-9+. The van der Waals surface area contributed by atoms with Gasteiger partial charge in [0, 0.05) is 23.4 Å². The van der Waals surface area contributed by atoms with Crippen molar-refractivity contribution >= 4 is 23.6 Å². The number of methoxy groups -OCH3 is 2. The summed E-state index contributed by atoms with van der Waals surface area (Å²) in [5, 5.41) is 2.79. The summed E-state index contributed by atoms with van der Waals surface area (Å²) in [7, 11) is 3.09. The lowest BCUT2D eigenvalue weighted by Crippen LogP contribution is -2.29. The first-order chi connectivity index (χ1) is 13.3. The molecule has 0 saturated heterocycles. The number of carbonyl (C=O) groups excluding carboxylic acids is 2. The van der Waals surface area contributed by atoms with Crippen molar-refractivity contribution in [3.05, 3.63) is 59.2 Å². The quantitative estimate of drug-likeness (QED) is 0.580. The highest BCUT2D eigenvalue weighted by atomic mass is 16.5. The number of benzene rings is 2. The minimum atomic E-state index is -0.935. The number of nitrogens with one attached hydrogen (secondary N) is 1. The highest BCUT2D eigenvalue weighted by Gasteiger charge is 2.17. The van der Waals surface area contributed by atoms with Crippen molar-refractivity contribution in [2.45, 2.75) is 26.9 Å². The summed E-state index contributed by atoms with van der Waals surface area (Å²) in [5.74, 6) is 0.191. The van der Waals surface area contributed by atoms with E-state index in [2.05, 4.69) is 5.32 Å². The van der Waals surface area contributed by atoms with E-state index in [-0.39, 0.29) is 0 Å². The molecule has 2 aromatic rings. The second-order valence-electron chi connectivity index (χ2n) is 6.33. The third-order valence-corrected chi connectivity index (χ3v) is 4.15. The topological polar surface area (TPSA) is 73.9 Å². The Morgan fingerprint density at radius 3 is 2.46 bits per heavy atom. The number of esters is 1. The fourth-order valence-electron chi connectivity index (χ4n) is 2.49. The van der Waals surface area contributed by atoms with Crippen LogP contribution in [0, 0.1) is 13.8 Å². The third-order valence-electron chi connectivity index (χ3n) is 4.15. The van der Waals surface area contributed by atoms with Gasteiger partial charge in [0.15, 0.2) is 6.10 Å². The van der Waals surface area contributed by atoms with E-state index in [1.165, 1.54) is 20.1 Å². The van der Waals surface area contributed by atoms with Gasteiger partial charge in [0.1, 0.15) is 11.5 Å². The van der Waals surface area contributed by atoms with Crippen LogP contribution in [0.3, 0.4) is 0 Å². The summed E-state index contributed by atoms with van der Waals surface area (Å²) in [6, 6.07) is 11.0. The lowest BCUT2D eigenvalue weighted by Gasteiger charge is -2.14. The van der Waals surface area contributed by atoms with Gasteiger partial charge in [0.2, 0.25) is 0 Å². The van der Waals surface area contributed by atoms with E-state index in [4.69, 9.17) is 14.2 Å². The van der Waals surface area contributed by atoms with Crippen molar-refractivity contribution in [1.29, 1.82) is 0 Å². The maximum Gasteiger partial charge on any atom is 0.331 e. The molecule has 6 nitrogen and oxygen atoms in total. The van der Waals surface area contributed by atoms with E-state index in [0.29, 0.717) is 22.7 Å². The Labute approximate surface area is 165 Å². The number of aryl methyl sites for hydroxylation is 2. The molecule has 1 unspecified atom stereocenters. The first kappa shape index (κ1) is 21.0. The van der Waals surface area contributed by atoms with E-state index >= 15 is 0 Å². The van der Waals surface area contributed by atoms with E-state index in [0.717, 1.165) is 11.1 Å².